The predicted octanol–water partition coefficient (Wildman–Crippen LogP) is 2.83. The molecule has 1 amide bonds. The molecule has 1 unspecified atom stereocenters. The molecular weight excluding hydrogens is 378 g/mol. The fourth-order valence-corrected chi connectivity index (χ4v) is 3.59. The smallest absolute Gasteiger partial charge is 0.223 e. The van der Waals surface area contributed by atoms with Gasteiger partial charge in [0, 0.05) is 62.5 Å². The molecule has 0 bridgehead atoms. The summed E-state index contributed by atoms with van der Waals surface area (Å²) in [5.74, 6) is 2.21. The number of benzene rings is 1. The van der Waals surface area contributed by atoms with Gasteiger partial charge in [-0.25, -0.2) is 9.97 Å². The molecule has 2 aromatic heterocycles. The molecule has 1 fully saturated rings. The number of nitrogens with one attached hydrogen (secondary N) is 1. The van der Waals surface area contributed by atoms with Crippen molar-refractivity contribution in [2.24, 2.45) is 7.05 Å². The van der Waals surface area contributed by atoms with E-state index in [1.54, 1.807) is 12.4 Å². The number of nitrogens with zero attached hydrogens (tertiary/aromatic N) is 4. The minimum absolute atomic E-state index is 0.0598. The van der Waals surface area contributed by atoms with Gasteiger partial charge in [-0.05, 0) is 24.3 Å². The van der Waals surface area contributed by atoms with Crippen LogP contribution in [-0.2, 0) is 18.3 Å². The van der Waals surface area contributed by atoms with Crippen molar-refractivity contribution in [1.82, 2.24) is 24.8 Å². The normalized spacial score (nSPS) is 17.1. The van der Waals surface area contributed by atoms with Crippen molar-refractivity contribution in [3.63, 3.8) is 0 Å². The van der Waals surface area contributed by atoms with Crippen molar-refractivity contribution in [1.29, 1.82) is 0 Å². The molecule has 0 spiro atoms. The Kier molecular flexibility index (Phi) is 5.45. The van der Waals surface area contributed by atoms with Crippen LogP contribution in [0.4, 0.5) is 0 Å². The zero-order valence-corrected chi connectivity index (χ0v) is 16.4. The van der Waals surface area contributed by atoms with Gasteiger partial charge in [0.05, 0.1) is 6.20 Å². The average Bonchev–Trinajstić information content (AvgIpc) is 3.36. The van der Waals surface area contributed by atoms with Gasteiger partial charge < -0.3 is 19.2 Å². The number of rotatable bonds is 5. The monoisotopic (exact) mass is 399 g/mol. The van der Waals surface area contributed by atoms with Crippen LogP contribution in [0.2, 0.25) is 5.02 Å². The van der Waals surface area contributed by atoms with Crippen molar-refractivity contribution in [3.8, 4) is 11.3 Å². The lowest BCUT2D eigenvalue weighted by atomic mass is 10.1. The topological polar surface area (TPSA) is 76.2 Å². The average molecular weight is 400 g/mol. The first kappa shape index (κ1) is 18.7. The Balaban J connectivity index is 1.41. The number of oxazole rings is 1. The second kappa shape index (κ2) is 8.16. The lowest BCUT2D eigenvalue weighted by Crippen LogP contribution is -2.49. The van der Waals surface area contributed by atoms with E-state index in [4.69, 9.17) is 16.0 Å². The molecule has 1 aliphatic heterocycles. The van der Waals surface area contributed by atoms with Crippen LogP contribution in [-0.4, -0.2) is 45.0 Å². The van der Waals surface area contributed by atoms with E-state index in [0.29, 0.717) is 42.6 Å². The van der Waals surface area contributed by atoms with E-state index >= 15 is 0 Å². The summed E-state index contributed by atoms with van der Waals surface area (Å²) in [6.07, 6.45) is 6.16. The van der Waals surface area contributed by atoms with Crippen LogP contribution in [0, 0.1) is 0 Å². The van der Waals surface area contributed by atoms with Crippen molar-refractivity contribution in [2.45, 2.75) is 18.9 Å². The van der Waals surface area contributed by atoms with Crippen molar-refractivity contribution in [2.75, 3.05) is 19.6 Å². The van der Waals surface area contributed by atoms with Crippen LogP contribution >= 0.6 is 11.6 Å². The van der Waals surface area contributed by atoms with Crippen LogP contribution in [0.25, 0.3) is 11.3 Å². The summed E-state index contributed by atoms with van der Waals surface area (Å²) in [5.41, 5.74) is 0.909. The summed E-state index contributed by atoms with van der Waals surface area (Å²) in [6.45, 7) is 2.15. The van der Waals surface area contributed by atoms with E-state index < -0.39 is 0 Å². The summed E-state index contributed by atoms with van der Waals surface area (Å²) >= 11 is 5.92. The Morgan fingerprint density at radius 3 is 2.89 bits per heavy atom. The van der Waals surface area contributed by atoms with E-state index in [2.05, 4.69) is 15.3 Å². The summed E-state index contributed by atoms with van der Waals surface area (Å²) in [4.78, 5) is 23.5. The number of carbonyl (C=O) groups is 1. The molecule has 4 rings (SSSR count). The van der Waals surface area contributed by atoms with Crippen LogP contribution in [0.15, 0.2) is 47.3 Å². The minimum atomic E-state index is -0.0598. The molecule has 0 saturated carbocycles. The molecule has 0 aliphatic carbocycles. The van der Waals surface area contributed by atoms with E-state index in [-0.39, 0.29) is 11.9 Å². The Bertz CT molecular complexity index is 950. The Hall–Kier alpha value is -2.64. The second-order valence-electron chi connectivity index (χ2n) is 6.83. The summed E-state index contributed by atoms with van der Waals surface area (Å²) in [5, 5.41) is 4.02. The fraction of sp³-hybridized carbons (Fsp3) is 0.350. The fourth-order valence-electron chi connectivity index (χ4n) is 3.46. The zero-order chi connectivity index (χ0) is 19.5. The van der Waals surface area contributed by atoms with Crippen LogP contribution in [0.1, 0.15) is 24.2 Å². The number of hydrogen-bond donors (Lipinski definition) is 1. The third-order valence-electron chi connectivity index (χ3n) is 4.96. The molecule has 146 valence electrons. The van der Waals surface area contributed by atoms with Gasteiger partial charge in [0.2, 0.25) is 5.91 Å². The first-order valence-electron chi connectivity index (χ1n) is 9.30. The molecule has 1 aromatic carbocycles. The first-order valence-corrected chi connectivity index (χ1v) is 9.67. The Morgan fingerprint density at radius 2 is 2.14 bits per heavy atom. The molecule has 3 aromatic rings. The number of aromatic nitrogens is 3. The number of imidazole rings is 1. The highest BCUT2D eigenvalue weighted by Crippen LogP contribution is 2.24. The molecule has 1 N–H and O–H groups in total. The van der Waals surface area contributed by atoms with Crippen molar-refractivity contribution in [3.05, 3.63) is 59.6 Å². The van der Waals surface area contributed by atoms with E-state index in [1.807, 2.05) is 47.0 Å². The van der Waals surface area contributed by atoms with Gasteiger partial charge in [-0.3, -0.25) is 4.79 Å². The first-order chi connectivity index (χ1) is 13.6. The van der Waals surface area contributed by atoms with Crippen LogP contribution < -0.4 is 5.32 Å². The molecule has 0 radical (unpaired) electrons. The van der Waals surface area contributed by atoms with Crippen molar-refractivity contribution >= 4 is 17.5 Å². The molecule has 28 heavy (non-hydrogen) atoms. The highest BCUT2D eigenvalue weighted by molar-refractivity contribution is 6.30. The minimum Gasteiger partial charge on any atom is -0.441 e. The van der Waals surface area contributed by atoms with Crippen LogP contribution in [0.5, 0.6) is 0 Å². The van der Waals surface area contributed by atoms with E-state index in [0.717, 1.165) is 17.9 Å². The number of hydrogen-bond acceptors (Lipinski definition) is 5. The molecule has 1 saturated heterocycles. The third kappa shape index (κ3) is 3.95. The SMILES string of the molecule is Cn1ccnc1C1CNCCN1C(=O)CCc1ncc(-c2ccc(Cl)cc2)o1. The Labute approximate surface area is 168 Å². The molecule has 1 aliphatic rings. The highest BCUT2D eigenvalue weighted by atomic mass is 35.5. The second-order valence-corrected chi connectivity index (χ2v) is 7.26. The predicted molar refractivity (Wildman–Crippen MR) is 106 cm³/mol. The summed E-state index contributed by atoms with van der Waals surface area (Å²) in [6, 6.07) is 7.33. The molecular formula is C20H22ClN5O2. The number of halogens is 1. The molecule has 8 heteroatoms. The number of amides is 1. The maximum Gasteiger partial charge on any atom is 0.223 e. The maximum atomic E-state index is 12.9. The van der Waals surface area contributed by atoms with Gasteiger partial charge >= 0.3 is 0 Å². The summed E-state index contributed by atoms with van der Waals surface area (Å²) in [7, 11) is 1.95. The van der Waals surface area contributed by atoms with Gasteiger partial charge in [-0.2, -0.15) is 0 Å². The van der Waals surface area contributed by atoms with E-state index in [1.165, 1.54) is 0 Å². The van der Waals surface area contributed by atoms with Crippen LogP contribution in [0.3, 0.4) is 0 Å². The van der Waals surface area contributed by atoms with Gasteiger partial charge in [0.25, 0.3) is 0 Å². The Morgan fingerprint density at radius 1 is 1.32 bits per heavy atom. The van der Waals surface area contributed by atoms with E-state index in [9.17, 15) is 4.79 Å². The molecule has 3 heterocycles. The quantitative estimate of drug-likeness (QED) is 0.714. The van der Waals surface area contributed by atoms with Gasteiger partial charge in [0.15, 0.2) is 11.7 Å². The standard InChI is InChI=1S/C20H22ClN5O2/c1-25-10-9-23-20(25)16-12-22-8-11-26(16)19(27)7-6-18-24-13-17(28-18)14-2-4-15(21)5-3-14/h2-5,9-10,13,16,22H,6-8,11-12H2,1H3. The van der Waals surface area contributed by atoms with Gasteiger partial charge in [-0.1, -0.05) is 11.6 Å². The lowest BCUT2D eigenvalue weighted by Gasteiger charge is -2.35. The largest absolute Gasteiger partial charge is 0.441 e. The maximum absolute atomic E-state index is 12.9. The highest BCUT2D eigenvalue weighted by Gasteiger charge is 2.30. The third-order valence-corrected chi connectivity index (χ3v) is 5.21. The number of aryl methyl sites for hydroxylation is 2. The number of carbonyl (C=O) groups excluding carboxylic acids is 1. The summed E-state index contributed by atoms with van der Waals surface area (Å²) < 4.78 is 7.77. The molecule has 1 atom stereocenters. The van der Waals surface area contributed by atoms with Crippen molar-refractivity contribution < 1.29 is 9.21 Å². The zero-order valence-electron chi connectivity index (χ0n) is 15.6. The van der Waals surface area contributed by atoms with Gasteiger partial charge in [-0.15, -0.1) is 0 Å². The van der Waals surface area contributed by atoms with Gasteiger partial charge in [0.1, 0.15) is 11.9 Å². The molecule has 7 nitrogen and oxygen atoms in total. The number of piperazine rings is 1. The lowest BCUT2D eigenvalue weighted by molar-refractivity contribution is -0.134.